The number of hydrogen-bond acceptors (Lipinski definition) is 6. The van der Waals surface area contributed by atoms with Crippen LogP contribution in [0.3, 0.4) is 0 Å². The van der Waals surface area contributed by atoms with Gasteiger partial charge in [-0.2, -0.15) is 0 Å². The first kappa shape index (κ1) is 71.9. The topological polar surface area (TPSA) is 78.9 Å². The van der Waals surface area contributed by atoms with Crippen LogP contribution >= 0.6 is 0 Å². The third kappa shape index (κ3) is 60.8. The Morgan fingerprint density at radius 2 is 0.486 bits per heavy atom. The molecule has 0 aliphatic rings. The van der Waals surface area contributed by atoms with Gasteiger partial charge in [0, 0.05) is 19.3 Å². The van der Waals surface area contributed by atoms with Crippen molar-refractivity contribution in [3.05, 3.63) is 24.3 Å². The molecular weight excluding hydrogens is 913 g/mol. The summed E-state index contributed by atoms with van der Waals surface area (Å²) < 4.78 is 16.9. The number of esters is 3. The van der Waals surface area contributed by atoms with E-state index in [1.807, 2.05) is 0 Å². The van der Waals surface area contributed by atoms with Crippen molar-refractivity contribution < 1.29 is 28.6 Å². The molecule has 0 fully saturated rings. The molecule has 74 heavy (non-hydrogen) atoms. The highest BCUT2D eigenvalue weighted by Crippen LogP contribution is 2.18. The van der Waals surface area contributed by atoms with Gasteiger partial charge in [-0.3, -0.25) is 14.4 Å². The molecule has 0 saturated heterocycles. The standard InChI is InChI=1S/C68H128O6/c1-4-7-10-13-16-19-21-23-25-27-29-31-32-33-34-35-37-38-40-42-44-46-49-52-55-58-61-67(70)73-64-65(63-72-66(69)60-57-54-51-48-18-15-12-9-6-3)74-68(71)62-59-56-53-50-47-45-43-41-39-36-30-28-26-24-22-20-17-14-11-8-5-2/h22,24,28,30,65H,4-21,23,25-27,29,31-64H2,1-3H3/b24-22-,30-28-. The van der Waals surface area contributed by atoms with Crippen LogP contribution < -0.4 is 0 Å². The van der Waals surface area contributed by atoms with E-state index < -0.39 is 6.10 Å². The molecular formula is C68H128O6. The highest BCUT2D eigenvalue weighted by atomic mass is 16.6. The summed E-state index contributed by atoms with van der Waals surface area (Å²) in [5.74, 6) is -0.848. The maximum Gasteiger partial charge on any atom is 0.306 e. The largest absolute Gasteiger partial charge is 0.462 e. The van der Waals surface area contributed by atoms with E-state index in [4.69, 9.17) is 14.2 Å². The molecule has 0 aliphatic heterocycles. The Hall–Kier alpha value is -2.11. The van der Waals surface area contributed by atoms with Crippen molar-refractivity contribution in [1.29, 1.82) is 0 Å². The number of unbranched alkanes of at least 4 members (excludes halogenated alkanes) is 47. The van der Waals surface area contributed by atoms with Crippen molar-refractivity contribution in [2.45, 2.75) is 380 Å². The van der Waals surface area contributed by atoms with Gasteiger partial charge in [0.15, 0.2) is 6.10 Å². The lowest BCUT2D eigenvalue weighted by molar-refractivity contribution is -0.167. The van der Waals surface area contributed by atoms with Crippen molar-refractivity contribution in [3.63, 3.8) is 0 Å². The zero-order chi connectivity index (χ0) is 53.6. The lowest BCUT2D eigenvalue weighted by atomic mass is 10.0. The molecule has 436 valence electrons. The Bertz CT molecular complexity index is 1190. The molecule has 6 heteroatoms. The first-order valence-electron chi connectivity index (χ1n) is 33.3. The molecule has 1 atom stereocenters. The van der Waals surface area contributed by atoms with Crippen LogP contribution in [0.25, 0.3) is 0 Å². The number of allylic oxidation sites excluding steroid dienone is 4. The Labute approximate surface area is 462 Å². The van der Waals surface area contributed by atoms with Crippen molar-refractivity contribution in [1.82, 2.24) is 0 Å². The van der Waals surface area contributed by atoms with E-state index >= 15 is 0 Å². The van der Waals surface area contributed by atoms with Crippen LogP contribution in [0, 0.1) is 0 Å². The predicted molar refractivity (Wildman–Crippen MR) is 321 cm³/mol. The van der Waals surface area contributed by atoms with Crippen LogP contribution in [-0.4, -0.2) is 37.2 Å². The lowest BCUT2D eigenvalue weighted by Crippen LogP contribution is -2.30. The third-order valence-corrected chi connectivity index (χ3v) is 15.2. The van der Waals surface area contributed by atoms with E-state index in [9.17, 15) is 14.4 Å². The summed E-state index contributed by atoms with van der Waals surface area (Å²) in [4.78, 5) is 38.2. The van der Waals surface area contributed by atoms with Crippen molar-refractivity contribution in [3.8, 4) is 0 Å². The summed E-state index contributed by atoms with van der Waals surface area (Å²) >= 11 is 0. The Morgan fingerprint density at radius 1 is 0.270 bits per heavy atom. The monoisotopic (exact) mass is 1040 g/mol. The molecule has 0 radical (unpaired) electrons. The fourth-order valence-electron chi connectivity index (χ4n) is 10.2. The molecule has 0 spiro atoms. The molecule has 0 aromatic rings. The molecule has 0 aromatic heterocycles. The van der Waals surface area contributed by atoms with Crippen LogP contribution in [0.4, 0.5) is 0 Å². The minimum atomic E-state index is -0.769. The van der Waals surface area contributed by atoms with Crippen LogP contribution in [0.1, 0.15) is 374 Å². The molecule has 0 N–H and O–H groups in total. The van der Waals surface area contributed by atoms with Crippen molar-refractivity contribution >= 4 is 17.9 Å². The minimum absolute atomic E-state index is 0.0672. The van der Waals surface area contributed by atoms with Crippen LogP contribution in [-0.2, 0) is 28.6 Å². The van der Waals surface area contributed by atoms with E-state index in [1.165, 1.54) is 270 Å². The van der Waals surface area contributed by atoms with E-state index in [1.54, 1.807) is 0 Å². The summed E-state index contributed by atoms with van der Waals surface area (Å²) in [6, 6.07) is 0. The summed E-state index contributed by atoms with van der Waals surface area (Å²) in [5.41, 5.74) is 0. The fourth-order valence-corrected chi connectivity index (χ4v) is 10.2. The second kappa shape index (κ2) is 63.4. The SMILES string of the molecule is CCCCCCC/C=C\C/C=C\CCCCCCCCCCCC(=O)OC(COC(=O)CCCCCCCCCCC)COC(=O)CCCCCCCCCCCCCCCCCCCCCCCCCCCC. The van der Waals surface area contributed by atoms with Gasteiger partial charge in [-0.15, -0.1) is 0 Å². The smallest absolute Gasteiger partial charge is 0.306 e. The zero-order valence-corrected chi connectivity index (χ0v) is 50.1. The molecule has 0 rings (SSSR count). The van der Waals surface area contributed by atoms with Crippen molar-refractivity contribution in [2.75, 3.05) is 13.2 Å². The Kier molecular flexibility index (Phi) is 61.6. The Balaban J connectivity index is 4.13. The highest BCUT2D eigenvalue weighted by Gasteiger charge is 2.19. The Morgan fingerprint density at radius 3 is 0.743 bits per heavy atom. The average molecular weight is 1040 g/mol. The van der Waals surface area contributed by atoms with Gasteiger partial charge in [-0.05, 0) is 51.4 Å². The molecule has 0 bridgehead atoms. The van der Waals surface area contributed by atoms with Gasteiger partial charge in [-0.25, -0.2) is 0 Å². The van der Waals surface area contributed by atoms with Gasteiger partial charge in [0.05, 0.1) is 0 Å². The van der Waals surface area contributed by atoms with Gasteiger partial charge < -0.3 is 14.2 Å². The average Bonchev–Trinajstić information content (AvgIpc) is 3.40. The normalized spacial score (nSPS) is 12.1. The van der Waals surface area contributed by atoms with E-state index in [0.29, 0.717) is 19.3 Å². The summed E-state index contributed by atoms with van der Waals surface area (Å²) in [6.45, 7) is 6.68. The third-order valence-electron chi connectivity index (χ3n) is 15.2. The van der Waals surface area contributed by atoms with Crippen LogP contribution in [0.5, 0.6) is 0 Å². The number of hydrogen-bond donors (Lipinski definition) is 0. The quantitative estimate of drug-likeness (QED) is 0.0261. The van der Waals surface area contributed by atoms with Gasteiger partial charge in [0.2, 0.25) is 0 Å². The van der Waals surface area contributed by atoms with E-state index in [-0.39, 0.29) is 31.1 Å². The maximum absolute atomic E-state index is 12.9. The number of ether oxygens (including phenoxy) is 3. The second-order valence-electron chi connectivity index (χ2n) is 22.7. The van der Waals surface area contributed by atoms with Crippen LogP contribution in [0.2, 0.25) is 0 Å². The molecule has 0 aliphatic carbocycles. The van der Waals surface area contributed by atoms with Crippen molar-refractivity contribution in [2.24, 2.45) is 0 Å². The van der Waals surface area contributed by atoms with Gasteiger partial charge in [-0.1, -0.05) is 328 Å². The zero-order valence-electron chi connectivity index (χ0n) is 50.1. The predicted octanol–water partition coefficient (Wildman–Crippen LogP) is 22.6. The van der Waals surface area contributed by atoms with Gasteiger partial charge in [0.1, 0.15) is 13.2 Å². The molecule has 0 heterocycles. The maximum atomic E-state index is 12.9. The second-order valence-corrected chi connectivity index (χ2v) is 22.7. The summed E-state index contributed by atoms with van der Waals surface area (Å²) in [5, 5.41) is 0. The number of rotatable bonds is 62. The molecule has 6 nitrogen and oxygen atoms in total. The van der Waals surface area contributed by atoms with E-state index in [2.05, 4.69) is 45.1 Å². The van der Waals surface area contributed by atoms with Crippen LogP contribution in [0.15, 0.2) is 24.3 Å². The molecule has 0 saturated carbocycles. The van der Waals surface area contributed by atoms with E-state index in [0.717, 1.165) is 64.2 Å². The number of carbonyl (C=O) groups is 3. The lowest BCUT2D eigenvalue weighted by Gasteiger charge is -2.18. The summed E-state index contributed by atoms with van der Waals surface area (Å²) in [7, 11) is 0. The summed E-state index contributed by atoms with van der Waals surface area (Å²) in [6.07, 6.45) is 76.4. The number of carbonyl (C=O) groups excluding carboxylic acids is 3. The molecule has 1 unspecified atom stereocenters. The highest BCUT2D eigenvalue weighted by molar-refractivity contribution is 5.71. The molecule has 0 amide bonds. The fraction of sp³-hybridized carbons (Fsp3) is 0.897. The van der Waals surface area contributed by atoms with Gasteiger partial charge in [0.25, 0.3) is 0 Å². The molecule has 0 aromatic carbocycles. The first-order valence-corrected chi connectivity index (χ1v) is 33.3. The first-order chi connectivity index (χ1) is 36.5. The minimum Gasteiger partial charge on any atom is -0.462 e. The van der Waals surface area contributed by atoms with Gasteiger partial charge >= 0.3 is 17.9 Å².